The Hall–Kier alpha value is -2.60. The lowest BCUT2D eigenvalue weighted by atomic mass is 10.1. The molecule has 0 bridgehead atoms. The number of hydrogen-bond acceptors (Lipinski definition) is 4. The average Bonchev–Trinajstić information content (AvgIpc) is 2.54. The third kappa shape index (κ3) is 4.96. The molecule has 0 aromatic heterocycles. The van der Waals surface area contributed by atoms with Gasteiger partial charge in [0.05, 0.1) is 13.7 Å². The topological polar surface area (TPSA) is 70.6 Å². The van der Waals surface area contributed by atoms with Crippen LogP contribution >= 0.6 is 0 Å². The highest BCUT2D eigenvalue weighted by atomic mass is 19.1. The van der Waals surface area contributed by atoms with E-state index in [1.165, 1.54) is 12.1 Å². The number of anilines is 2. The van der Waals surface area contributed by atoms with Crippen LogP contribution in [-0.2, 0) is 11.4 Å². The summed E-state index contributed by atoms with van der Waals surface area (Å²) in [7, 11) is 1.54. The normalized spacial score (nSPS) is 11.7. The molecule has 0 saturated carbocycles. The molecular weight excluding hydrogens is 311 g/mol. The Bertz CT molecular complexity index is 706. The van der Waals surface area contributed by atoms with Crippen LogP contribution in [0.4, 0.5) is 15.8 Å². The number of benzene rings is 2. The van der Waals surface area contributed by atoms with Crippen molar-refractivity contribution in [2.75, 3.05) is 17.7 Å². The zero-order chi connectivity index (χ0) is 17.5. The molecule has 24 heavy (non-hydrogen) atoms. The van der Waals surface area contributed by atoms with Gasteiger partial charge >= 0.3 is 0 Å². The number of ether oxygens (including phenoxy) is 1. The van der Waals surface area contributed by atoms with Crippen LogP contribution in [0.1, 0.15) is 18.9 Å². The number of carbonyl (C=O) groups is 1. The lowest BCUT2D eigenvalue weighted by Crippen LogP contribution is -2.23. The predicted octanol–water partition coefficient (Wildman–Crippen LogP) is 3.16. The summed E-state index contributed by atoms with van der Waals surface area (Å²) in [5, 5.41) is 15.2. The smallest absolute Gasteiger partial charge is 0.226 e. The number of methoxy groups -OCH3 is 1. The van der Waals surface area contributed by atoms with Gasteiger partial charge in [0.15, 0.2) is 0 Å². The van der Waals surface area contributed by atoms with E-state index >= 15 is 0 Å². The van der Waals surface area contributed by atoms with Crippen molar-refractivity contribution in [2.45, 2.75) is 26.0 Å². The number of aliphatic hydroxyl groups excluding tert-OH is 1. The Labute approximate surface area is 140 Å². The van der Waals surface area contributed by atoms with Gasteiger partial charge in [-0.3, -0.25) is 4.79 Å². The summed E-state index contributed by atoms with van der Waals surface area (Å²) < 4.78 is 18.3. The molecule has 1 amide bonds. The van der Waals surface area contributed by atoms with E-state index in [4.69, 9.17) is 4.74 Å². The van der Waals surface area contributed by atoms with Crippen molar-refractivity contribution in [3.05, 3.63) is 53.8 Å². The second kappa shape index (κ2) is 8.31. The van der Waals surface area contributed by atoms with Crippen LogP contribution in [0.5, 0.6) is 5.75 Å². The van der Waals surface area contributed by atoms with Gasteiger partial charge in [0.25, 0.3) is 0 Å². The van der Waals surface area contributed by atoms with Crippen LogP contribution < -0.4 is 15.4 Å². The minimum atomic E-state index is -0.395. The summed E-state index contributed by atoms with van der Waals surface area (Å²) in [6, 6.07) is 11.0. The number of aliphatic hydroxyl groups is 1. The third-order valence-corrected chi connectivity index (χ3v) is 3.46. The molecular formula is C18H21FN2O3. The Morgan fingerprint density at radius 1 is 1.25 bits per heavy atom. The molecule has 0 saturated heterocycles. The Morgan fingerprint density at radius 2 is 2.04 bits per heavy atom. The number of rotatable bonds is 7. The maximum atomic E-state index is 13.1. The van der Waals surface area contributed by atoms with E-state index in [1.807, 2.05) is 13.0 Å². The number of hydrogen-bond donors (Lipinski definition) is 3. The van der Waals surface area contributed by atoms with E-state index in [1.54, 1.807) is 31.4 Å². The fraction of sp³-hybridized carbons (Fsp3) is 0.278. The van der Waals surface area contributed by atoms with Crippen LogP contribution in [0.15, 0.2) is 42.5 Å². The zero-order valence-corrected chi connectivity index (χ0v) is 13.7. The summed E-state index contributed by atoms with van der Waals surface area (Å²) in [5.74, 6) is 0.00443. The first-order valence-electron chi connectivity index (χ1n) is 7.61. The van der Waals surface area contributed by atoms with Crippen LogP contribution in [0.2, 0.25) is 0 Å². The van der Waals surface area contributed by atoms with E-state index in [9.17, 15) is 14.3 Å². The summed E-state index contributed by atoms with van der Waals surface area (Å²) >= 11 is 0. The van der Waals surface area contributed by atoms with Gasteiger partial charge in [-0.05, 0) is 43.3 Å². The largest absolute Gasteiger partial charge is 0.496 e. The van der Waals surface area contributed by atoms with Gasteiger partial charge < -0.3 is 20.5 Å². The van der Waals surface area contributed by atoms with E-state index in [0.717, 1.165) is 5.69 Å². The minimum Gasteiger partial charge on any atom is -0.496 e. The van der Waals surface area contributed by atoms with Crippen molar-refractivity contribution >= 4 is 17.3 Å². The Balaban J connectivity index is 1.92. The van der Waals surface area contributed by atoms with Gasteiger partial charge in [-0.1, -0.05) is 6.07 Å². The molecule has 0 radical (unpaired) electrons. The lowest BCUT2D eigenvalue weighted by molar-refractivity contribution is -0.116. The first-order valence-corrected chi connectivity index (χ1v) is 7.61. The summed E-state index contributed by atoms with van der Waals surface area (Å²) in [6.07, 6.45) is 0.219. The molecule has 2 aromatic rings. The molecule has 0 aliphatic heterocycles. The van der Waals surface area contributed by atoms with Crippen molar-refractivity contribution in [3.8, 4) is 5.75 Å². The molecule has 3 N–H and O–H groups in total. The van der Waals surface area contributed by atoms with Crippen LogP contribution in [0, 0.1) is 5.82 Å². The monoisotopic (exact) mass is 332 g/mol. The first-order chi connectivity index (χ1) is 11.5. The predicted molar refractivity (Wildman–Crippen MR) is 91.6 cm³/mol. The maximum absolute atomic E-state index is 13.1. The Morgan fingerprint density at radius 3 is 2.71 bits per heavy atom. The second-order valence-corrected chi connectivity index (χ2v) is 5.49. The molecule has 0 aliphatic carbocycles. The van der Waals surface area contributed by atoms with Crippen LogP contribution in [0.3, 0.4) is 0 Å². The molecule has 2 rings (SSSR count). The van der Waals surface area contributed by atoms with Gasteiger partial charge in [-0.2, -0.15) is 0 Å². The lowest BCUT2D eigenvalue weighted by Gasteiger charge is -2.16. The van der Waals surface area contributed by atoms with Crippen LogP contribution in [0.25, 0.3) is 0 Å². The summed E-state index contributed by atoms with van der Waals surface area (Å²) in [5.41, 5.74) is 1.88. The standard InChI is InChI=1S/C18H21FN2O3/c1-12(8-18(23)21-15-5-3-4-14(19)10-15)20-16-6-7-17(24-2)13(9-16)11-22/h3-7,9-10,12,20,22H,8,11H2,1-2H3,(H,21,23). The SMILES string of the molecule is COc1ccc(NC(C)CC(=O)Nc2cccc(F)c2)cc1CO. The van der Waals surface area contributed by atoms with E-state index in [0.29, 0.717) is 17.0 Å². The van der Waals surface area contributed by atoms with Gasteiger partial charge in [0.2, 0.25) is 5.91 Å². The first kappa shape index (κ1) is 17.7. The van der Waals surface area contributed by atoms with Crippen LogP contribution in [-0.4, -0.2) is 24.2 Å². The molecule has 2 aromatic carbocycles. The third-order valence-electron chi connectivity index (χ3n) is 3.46. The Kier molecular flexibility index (Phi) is 6.14. The second-order valence-electron chi connectivity index (χ2n) is 5.49. The van der Waals surface area contributed by atoms with Crippen molar-refractivity contribution in [1.82, 2.24) is 0 Å². The summed E-state index contributed by atoms with van der Waals surface area (Å²) in [4.78, 5) is 12.0. The molecule has 1 atom stereocenters. The van der Waals surface area contributed by atoms with Crippen molar-refractivity contribution in [1.29, 1.82) is 0 Å². The van der Waals surface area contributed by atoms with Crippen molar-refractivity contribution in [3.63, 3.8) is 0 Å². The highest BCUT2D eigenvalue weighted by Gasteiger charge is 2.11. The fourth-order valence-corrected chi connectivity index (χ4v) is 2.38. The highest BCUT2D eigenvalue weighted by molar-refractivity contribution is 5.91. The highest BCUT2D eigenvalue weighted by Crippen LogP contribution is 2.23. The average molecular weight is 332 g/mol. The number of amides is 1. The fourth-order valence-electron chi connectivity index (χ4n) is 2.38. The minimum absolute atomic E-state index is 0.132. The van der Waals surface area contributed by atoms with Crippen molar-refractivity contribution in [2.24, 2.45) is 0 Å². The molecule has 0 heterocycles. The van der Waals surface area contributed by atoms with Gasteiger partial charge in [0, 0.05) is 29.4 Å². The molecule has 1 unspecified atom stereocenters. The molecule has 0 aliphatic rings. The van der Waals surface area contributed by atoms with Gasteiger partial charge in [-0.15, -0.1) is 0 Å². The van der Waals surface area contributed by atoms with E-state index in [-0.39, 0.29) is 25.0 Å². The summed E-state index contributed by atoms with van der Waals surface area (Å²) in [6.45, 7) is 1.74. The van der Waals surface area contributed by atoms with Gasteiger partial charge in [0.1, 0.15) is 11.6 Å². The number of nitrogens with one attached hydrogen (secondary N) is 2. The number of carbonyl (C=O) groups excluding carboxylic acids is 1. The molecule has 6 heteroatoms. The van der Waals surface area contributed by atoms with E-state index in [2.05, 4.69) is 10.6 Å². The molecule has 128 valence electrons. The maximum Gasteiger partial charge on any atom is 0.226 e. The molecule has 0 fully saturated rings. The van der Waals surface area contributed by atoms with Crippen molar-refractivity contribution < 1.29 is 19.0 Å². The molecule has 5 nitrogen and oxygen atoms in total. The molecule has 0 spiro atoms. The quantitative estimate of drug-likeness (QED) is 0.728. The number of halogens is 1. The van der Waals surface area contributed by atoms with E-state index < -0.39 is 5.82 Å². The zero-order valence-electron chi connectivity index (χ0n) is 13.7. The van der Waals surface area contributed by atoms with Gasteiger partial charge in [-0.25, -0.2) is 4.39 Å².